The van der Waals surface area contributed by atoms with Crippen LogP contribution in [0.25, 0.3) is 0 Å². The molecule has 1 N–H and O–H groups in total. The molecule has 0 bridgehead atoms. The molecule has 0 spiro atoms. The number of nitrogens with one attached hydrogen (secondary N) is 1. The van der Waals surface area contributed by atoms with E-state index in [1.807, 2.05) is 32.9 Å². The van der Waals surface area contributed by atoms with Crippen molar-refractivity contribution in [1.82, 2.24) is 0 Å². The van der Waals surface area contributed by atoms with E-state index >= 15 is 0 Å². The Kier molecular flexibility index (Phi) is 4.54. The summed E-state index contributed by atoms with van der Waals surface area (Å²) < 4.78 is 6.41. The van der Waals surface area contributed by atoms with Gasteiger partial charge in [-0.05, 0) is 47.8 Å². The molecule has 19 heavy (non-hydrogen) atoms. The van der Waals surface area contributed by atoms with Crippen LogP contribution < -0.4 is 5.32 Å². The molecule has 4 unspecified atom stereocenters. The Morgan fingerprint density at radius 3 is 2.58 bits per heavy atom. The fourth-order valence-corrected chi connectivity index (χ4v) is 3.07. The van der Waals surface area contributed by atoms with Crippen molar-refractivity contribution in [2.24, 2.45) is 11.8 Å². The minimum atomic E-state index is -0.138. The molecule has 0 radical (unpaired) electrons. The van der Waals surface area contributed by atoms with Gasteiger partial charge in [0.1, 0.15) is 0 Å². The molecule has 2 rings (SSSR count). The number of ether oxygens (including phenoxy) is 1. The summed E-state index contributed by atoms with van der Waals surface area (Å²) in [6.07, 6.45) is 0.0384. The van der Waals surface area contributed by atoms with Crippen molar-refractivity contribution in [2.75, 3.05) is 5.32 Å². The minimum Gasteiger partial charge on any atom is -0.374 e. The fourth-order valence-electron chi connectivity index (χ4n) is 2.53. The van der Waals surface area contributed by atoms with Crippen molar-refractivity contribution >= 4 is 39.1 Å². The number of hydrogen-bond donors (Lipinski definition) is 1. The molecule has 3 nitrogen and oxygen atoms in total. The van der Waals surface area contributed by atoms with E-state index in [4.69, 9.17) is 16.3 Å². The first-order chi connectivity index (χ1) is 8.91. The lowest BCUT2D eigenvalue weighted by atomic mass is 9.89. The molecular formula is C14H17BrClNO2. The van der Waals surface area contributed by atoms with Crippen LogP contribution in [0.4, 0.5) is 5.69 Å². The maximum Gasteiger partial charge on any atom is 0.230 e. The Morgan fingerprint density at radius 1 is 1.32 bits per heavy atom. The van der Waals surface area contributed by atoms with Crippen molar-refractivity contribution < 1.29 is 9.53 Å². The Morgan fingerprint density at radius 2 is 2.00 bits per heavy atom. The van der Waals surface area contributed by atoms with Crippen LogP contribution in [0.5, 0.6) is 0 Å². The monoisotopic (exact) mass is 345 g/mol. The quantitative estimate of drug-likeness (QED) is 0.875. The second kappa shape index (κ2) is 5.81. The third kappa shape index (κ3) is 2.96. The second-order valence-corrected chi connectivity index (χ2v) is 6.22. The van der Waals surface area contributed by atoms with Crippen LogP contribution in [-0.2, 0) is 9.53 Å². The highest BCUT2D eigenvalue weighted by molar-refractivity contribution is 9.10. The van der Waals surface area contributed by atoms with Crippen molar-refractivity contribution in [3.63, 3.8) is 0 Å². The maximum absolute atomic E-state index is 12.4. The number of benzene rings is 1. The Hall–Kier alpha value is -0.580. The summed E-state index contributed by atoms with van der Waals surface area (Å²) in [5.74, 6) is 0.0427. The van der Waals surface area contributed by atoms with E-state index in [9.17, 15) is 4.79 Å². The Labute approximate surface area is 126 Å². The Balaban J connectivity index is 2.15. The van der Waals surface area contributed by atoms with Gasteiger partial charge in [-0.3, -0.25) is 4.79 Å². The molecule has 1 aliphatic rings. The van der Waals surface area contributed by atoms with Crippen LogP contribution in [0, 0.1) is 11.8 Å². The highest BCUT2D eigenvalue weighted by Gasteiger charge is 2.41. The van der Waals surface area contributed by atoms with Gasteiger partial charge in [-0.2, -0.15) is 0 Å². The normalized spacial score (nSPS) is 30.4. The van der Waals surface area contributed by atoms with Crippen molar-refractivity contribution in [3.8, 4) is 0 Å². The lowest BCUT2D eigenvalue weighted by Crippen LogP contribution is -2.32. The third-order valence-corrected chi connectivity index (χ3v) is 5.15. The number of hydrogen-bond acceptors (Lipinski definition) is 2. The summed E-state index contributed by atoms with van der Waals surface area (Å²) in [6.45, 7) is 5.99. The molecule has 1 aromatic carbocycles. The van der Waals surface area contributed by atoms with Gasteiger partial charge in [-0.25, -0.2) is 0 Å². The molecule has 0 aliphatic carbocycles. The topological polar surface area (TPSA) is 38.3 Å². The Bertz CT molecular complexity index is 494. The van der Waals surface area contributed by atoms with Gasteiger partial charge in [0.05, 0.1) is 33.3 Å². The van der Waals surface area contributed by atoms with E-state index in [1.54, 1.807) is 6.07 Å². The lowest BCUT2D eigenvalue weighted by molar-refractivity contribution is -0.121. The van der Waals surface area contributed by atoms with Crippen LogP contribution in [0.15, 0.2) is 22.7 Å². The van der Waals surface area contributed by atoms with Gasteiger partial charge in [0.2, 0.25) is 5.91 Å². The largest absolute Gasteiger partial charge is 0.374 e. The number of carbonyl (C=O) groups excluding carboxylic acids is 1. The summed E-state index contributed by atoms with van der Waals surface area (Å²) in [5, 5.41) is 3.50. The molecular weight excluding hydrogens is 330 g/mol. The highest BCUT2D eigenvalue weighted by atomic mass is 79.9. The molecule has 1 saturated heterocycles. The molecule has 1 aliphatic heterocycles. The smallest absolute Gasteiger partial charge is 0.230 e. The van der Waals surface area contributed by atoms with E-state index in [-0.39, 0.29) is 30.0 Å². The first-order valence-corrected chi connectivity index (χ1v) is 7.49. The van der Waals surface area contributed by atoms with Crippen molar-refractivity contribution in [2.45, 2.75) is 33.0 Å². The maximum atomic E-state index is 12.4. The van der Waals surface area contributed by atoms with Gasteiger partial charge in [0.25, 0.3) is 0 Å². The number of rotatable bonds is 2. The van der Waals surface area contributed by atoms with Gasteiger partial charge in [0, 0.05) is 0 Å². The zero-order chi connectivity index (χ0) is 14.2. The first kappa shape index (κ1) is 14.8. The van der Waals surface area contributed by atoms with E-state index in [0.29, 0.717) is 15.2 Å². The lowest BCUT2D eigenvalue weighted by Gasteiger charge is -2.18. The number of anilines is 1. The van der Waals surface area contributed by atoms with Gasteiger partial charge in [0.15, 0.2) is 0 Å². The van der Waals surface area contributed by atoms with Gasteiger partial charge >= 0.3 is 0 Å². The average Bonchev–Trinajstić information content (AvgIpc) is 2.59. The van der Waals surface area contributed by atoms with E-state index in [0.717, 1.165) is 0 Å². The number of amides is 1. The zero-order valence-electron chi connectivity index (χ0n) is 11.1. The molecule has 4 atom stereocenters. The van der Waals surface area contributed by atoms with Crippen LogP contribution in [0.3, 0.4) is 0 Å². The molecule has 1 amide bonds. The van der Waals surface area contributed by atoms with Crippen LogP contribution >= 0.6 is 27.5 Å². The van der Waals surface area contributed by atoms with Gasteiger partial charge in [-0.1, -0.05) is 24.6 Å². The molecule has 104 valence electrons. The highest BCUT2D eigenvalue weighted by Crippen LogP contribution is 2.35. The molecule has 1 aromatic rings. The third-order valence-electron chi connectivity index (χ3n) is 3.75. The standard InChI is InChI=1S/C14H17BrClNO2/c1-7-8(2)19-9(3)12(7)14(18)17-11-6-4-5-10(16)13(11)15/h4-9,12H,1-3H3,(H,17,18). The molecule has 0 aromatic heterocycles. The van der Waals surface area contributed by atoms with Crippen LogP contribution in [0.1, 0.15) is 20.8 Å². The van der Waals surface area contributed by atoms with E-state index in [2.05, 4.69) is 21.2 Å². The molecule has 1 heterocycles. The van der Waals surface area contributed by atoms with Crippen molar-refractivity contribution in [3.05, 3.63) is 27.7 Å². The second-order valence-electron chi connectivity index (χ2n) is 5.02. The average molecular weight is 347 g/mol. The predicted molar refractivity (Wildman–Crippen MR) is 80.4 cm³/mol. The summed E-state index contributed by atoms with van der Waals surface area (Å²) >= 11 is 9.40. The summed E-state index contributed by atoms with van der Waals surface area (Å²) in [5.41, 5.74) is 0.691. The zero-order valence-corrected chi connectivity index (χ0v) is 13.5. The number of carbonyl (C=O) groups is 1. The minimum absolute atomic E-state index is 0.0210. The van der Waals surface area contributed by atoms with E-state index in [1.165, 1.54) is 0 Å². The summed E-state index contributed by atoms with van der Waals surface area (Å²) in [4.78, 5) is 12.4. The molecule has 5 heteroatoms. The fraction of sp³-hybridized carbons (Fsp3) is 0.500. The van der Waals surface area contributed by atoms with Crippen molar-refractivity contribution in [1.29, 1.82) is 0 Å². The van der Waals surface area contributed by atoms with Gasteiger partial charge in [-0.15, -0.1) is 0 Å². The van der Waals surface area contributed by atoms with E-state index < -0.39 is 0 Å². The summed E-state index contributed by atoms with van der Waals surface area (Å²) in [7, 11) is 0. The summed E-state index contributed by atoms with van der Waals surface area (Å²) in [6, 6.07) is 5.40. The molecule has 0 saturated carbocycles. The SMILES string of the molecule is CC1OC(C)C(C(=O)Nc2cccc(Cl)c2Br)C1C. The predicted octanol–water partition coefficient (Wildman–Crippen LogP) is 4.10. The van der Waals surface area contributed by atoms with Gasteiger partial charge < -0.3 is 10.1 Å². The van der Waals surface area contributed by atoms with Crippen LogP contribution in [0.2, 0.25) is 5.02 Å². The molecule has 1 fully saturated rings. The number of halogens is 2. The van der Waals surface area contributed by atoms with Crippen LogP contribution in [-0.4, -0.2) is 18.1 Å². The first-order valence-electron chi connectivity index (χ1n) is 6.32.